The summed E-state index contributed by atoms with van der Waals surface area (Å²) in [5, 5.41) is 8.59. The largest absolute Gasteiger partial charge is 0.481 e. The molecule has 16 heavy (non-hydrogen) atoms. The lowest BCUT2D eigenvalue weighted by Crippen LogP contribution is -2.33. The standard InChI is InChI=1S/C12H23NO3/c1-9(2)6-5-7-13(4)12(16)10(3)8-11(14)15/h9-10H,5-8H2,1-4H3,(H,14,15). The van der Waals surface area contributed by atoms with Gasteiger partial charge in [-0.2, -0.15) is 0 Å². The van der Waals surface area contributed by atoms with E-state index in [9.17, 15) is 9.59 Å². The topological polar surface area (TPSA) is 57.6 Å². The molecule has 1 N–H and O–H groups in total. The number of carboxylic acid groups (broad SMARTS) is 1. The highest BCUT2D eigenvalue weighted by molar-refractivity contribution is 5.82. The fraction of sp³-hybridized carbons (Fsp3) is 0.833. The molecule has 0 heterocycles. The van der Waals surface area contributed by atoms with Gasteiger partial charge in [0.1, 0.15) is 0 Å². The second kappa shape index (κ2) is 7.25. The Hall–Kier alpha value is -1.06. The van der Waals surface area contributed by atoms with Crippen LogP contribution in [0.3, 0.4) is 0 Å². The van der Waals surface area contributed by atoms with Crippen LogP contribution in [0.15, 0.2) is 0 Å². The monoisotopic (exact) mass is 229 g/mol. The summed E-state index contributed by atoms with van der Waals surface area (Å²) in [7, 11) is 1.74. The van der Waals surface area contributed by atoms with E-state index >= 15 is 0 Å². The van der Waals surface area contributed by atoms with Crippen LogP contribution in [-0.4, -0.2) is 35.5 Å². The fourth-order valence-corrected chi connectivity index (χ4v) is 1.57. The van der Waals surface area contributed by atoms with Crippen LogP contribution in [0, 0.1) is 11.8 Å². The Kier molecular flexibility index (Phi) is 6.77. The van der Waals surface area contributed by atoms with Crippen LogP contribution in [0.4, 0.5) is 0 Å². The van der Waals surface area contributed by atoms with E-state index in [0.717, 1.165) is 12.8 Å². The molecule has 0 aliphatic heterocycles. The lowest BCUT2D eigenvalue weighted by Gasteiger charge is -2.20. The number of hydrogen-bond acceptors (Lipinski definition) is 2. The summed E-state index contributed by atoms with van der Waals surface area (Å²) in [6.07, 6.45) is 1.97. The molecule has 0 bridgehead atoms. The molecule has 0 rings (SSSR count). The van der Waals surface area contributed by atoms with Gasteiger partial charge in [0.25, 0.3) is 0 Å². The van der Waals surface area contributed by atoms with Gasteiger partial charge in [-0.3, -0.25) is 9.59 Å². The van der Waals surface area contributed by atoms with E-state index in [2.05, 4.69) is 13.8 Å². The van der Waals surface area contributed by atoms with Crippen LogP contribution in [0.1, 0.15) is 40.0 Å². The number of nitrogens with zero attached hydrogens (tertiary/aromatic N) is 1. The molecular formula is C12H23NO3. The summed E-state index contributed by atoms with van der Waals surface area (Å²) in [6, 6.07) is 0. The zero-order valence-electron chi connectivity index (χ0n) is 10.7. The lowest BCUT2D eigenvalue weighted by atomic mass is 10.1. The zero-order valence-corrected chi connectivity index (χ0v) is 10.7. The number of rotatable bonds is 7. The molecule has 4 nitrogen and oxygen atoms in total. The predicted octanol–water partition coefficient (Wildman–Crippen LogP) is 1.99. The van der Waals surface area contributed by atoms with E-state index in [-0.39, 0.29) is 12.3 Å². The molecule has 0 aliphatic rings. The highest BCUT2D eigenvalue weighted by atomic mass is 16.4. The van der Waals surface area contributed by atoms with Gasteiger partial charge in [0, 0.05) is 19.5 Å². The summed E-state index contributed by atoms with van der Waals surface area (Å²) in [5.41, 5.74) is 0. The molecule has 1 unspecified atom stereocenters. The summed E-state index contributed by atoms with van der Waals surface area (Å²) >= 11 is 0. The van der Waals surface area contributed by atoms with Gasteiger partial charge < -0.3 is 10.0 Å². The Morgan fingerprint density at radius 2 is 1.81 bits per heavy atom. The maximum Gasteiger partial charge on any atom is 0.304 e. The van der Waals surface area contributed by atoms with Crippen molar-refractivity contribution in [2.45, 2.75) is 40.0 Å². The van der Waals surface area contributed by atoms with E-state index in [1.54, 1.807) is 18.9 Å². The van der Waals surface area contributed by atoms with Gasteiger partial charge >= 0.3 is 5.97 Å². The molecule has 0 spiro atoms. The Morgan fingerprint density at radius 3 is 2.25 bits per heavy atom. The minimum absolute atomic E-state index is 0.0776. The zero-order chi connectivity index (χ0) is 12.7. The van der Waals surface area contributed by atoms with Crippen molar-refractivity contribution in [1.29, 1.82) is 0 Å². The molecule has 0 saturated carbocycles. The third-order valence-corrected chi connectivity index (χ3v) is 2.55. The van der Waals surface area contributed by atoms with Crippen molar-refractivity contribution in [3.63, 3.8) is 0 Å². The molecule has 1 atom stereocenters. The highest BCUT2D eigenvalue weighted by Crippen LogP contribution is 2.09. The SMILES string of the molecule is CC(C)CCCN(C)C(=O)C(C)CC(=O)O. The van der Waals surface area contributed by atoms with Crippen LogP contribution >= 0.6 is 0 Å². The first-order chi connectivity index (χ1) is 7.34. The first kappa shape index (κ1) is 14.9. The van der Waals surface area contributed by atoms with E-state index in [1.165, 1.54) is 0 Å². The maximum atomic E-state index is 11.7. The van der Waals surface area contributed by atoms with E-state index in [4.69, 9.17) is 5.11 Å². The summed E-state index contributed by atoms with van der Waals surface area (Å²) in [5.74, 6) is -0.788. The van der Waals surface area contributed by atoms with Crippen molar-refractivity contribution < 1.29 is 14.7 Å². The van der Waals surface area contributed by atoms with Gasteiger partial charge in [-0.05, 0) is 18.8 Å². The normalized spacial score (nSPS) is 12.6. The van der Waals surface area contributed by atoms with Crippen molar-refractivity contribution in [2.24, 2.45) is 11.8 Å². The van der Waals surface area contributed by atoms with Crippen molar-refractivity contribution in [1.82, 2.24) is 4.90 Å². The summed E-state index contributed by atoms with van der Waals surface area (Å²) in [6.45, 7) is 6.67. The van der Waals surface area contributed by atoms with Gasteiger partial charge in [-0.1, -0.05) is 20.8 Å². The van der Waals surface area contributed by atoms with Crippen LogP contribution < -0.4 is 0 Å². The van der Waals surface area contributed by atoms with Crippen molar-refractivity contribution >= 4 is 11.9 Å². The summed E-state index contributed by atoms with van der Waals surface area (Å²) < 4.78 is 0. The molecule has 0 aliphatic carbocycles. The number of carbonyl (C=O) groups excluding carboxylic acids is 1. The number of carboxylic acids is 1. The smallest absolute Gasteiger partial charge is 0.304 e. The average Bonchev–Trinajstić information content (AvgIpc) is 2.14. The van der Waals surface area contributed by atoms with E-state index < -0.39 is 11.9 Å². The molecule has 0 radical (unpaired) electrons. The third-order valence-electron chi connectivity index (χ3n) is 2.55. The predicted molar refractivity (Wildman–Crippen MR) is 63.1 cm³/mol. The second-order valence-corrected chi connectivity index (χ2v) is 4.79. The first-order valence-corrected chi connectivity index (χ1v) is 5.81. The highest BCUT2D eigenvalue weighted by Gasteiger charge is 2.19. The van der Waals surface area contributed by atoms with Crippen LogP contribution in [0.5, 0.6) is 0 Å². The van der Waals surface area contributed by atoms with Gasteiger partial charge in [-0.15, -0.1) is 0 Å². The van der Waals surface area contributed by atoms with Crippen molar-refractivity contribution in [3.8, 4) is 0 Å². The number of hydrogen-bond donors (Lipinski definition) is 1. The molecule has 0 fully saturated rings. The molecule has 1 amide bonds. The van der Waals surface area contributed by atoms with E-state index in [1.807, 2.05) is 0 Å². The van der Waals surface area contributed by atoms with Crippen molar-refractivity contribution in [3.05, 3.63) is 0 Å². The van der Waals surface area contributed by atoms with Crippen LogP contribution in [0.25, 0.3) is 0 Å². The average molecular weight is 229 g/mol. The Morgan fingerprint density at radius 1 is 1.25 bits per heavy atom. The van der Waals surface area contributed by atoms with Gasteiger partial charge in [0.2, 0.25) is 5.91 Å². The molecule has 0 saturated heterocycles. The Balaban J connectivity index is 3.93. The first-order valence-electron chi connectivity index (χ1n) is 5.81. The molecule has 94 valence electrons. The molecule has 0 aromatic rings. The fourth-order valence-electron chi connectivity index (χ4n) is 1.57. The maximum absolute atomic E-state index is 11.7. The minimum atomic E-state index is -0.920. The van der Waals surface area contributed by atoms with Gasteiger partial charge in [0.05, 0.1) is 6.42 Å². The van der Waals surface area contributed by atoms with Gasteiger partial charge in [0.15, 0.2) is 0 Å². The summed E-state index contributed by atoms with van der Waals surface area (Å²) in [4.78, 5) is 23.8. The van der Waals surface area contributed by atoms with Crippen LogP contribution in [-0.2, 0) is 9.59 Å². The number of amides is 1. The molecule has 0 aromatic carbocycles. The van der Waals surface area contributed by atoms with E-state index in [0.29, 0.717) is 12.5 Å². The van der Waals surface area contributed by atoms with Gasteiger partial charge in [-0.25, -0.2) is 0 Å². The minimum Gasteiger partial charge on any atom is -0.481 e. The Labute approximate surface area is 97.6 Å². The van der Waals surface area contributed by atoms with Crippen LogP contribution in [0.2, 0.25) is 0 Å². The molecule has 0 aromatic heterocycles. The second-order valence-electron chi connectivity index (χ2n) is 4.79. The number of aliphatic carboxylic acids is 1. The number of carbonyl (C=O) groups is 2. The van der Waals surface area contributed by atoms with Crippen molar-refractivity contribution in [2.75, 3.05) is 13.6 Å². The lowest BCUT2D eigenvalue weighted by molar-refractivity contribution is -0.143. The molecular weight excluding hydrogens is 206 g/mol. The third kappa shape index (κ3) is 6.43. The quantitative estimate of drug-likeness (QED) is 0.726. The Bertz CT molecular complexity index is 238. The molecule has 4 heteroatoms.